The molecule has 0 aliphatic heterocycles. The summed E-state index contributed by atoms with van der Waals surface area (Å²) in [5, 5.41) is 8.08. The van der Waals surface area contributed by atoms with Crippen LogP contribution in [0.1, 0.15) is 18.9 Å². The monoisotopic (exact) mass is 245 g/mol. The summed E-state index contributed by atoms with van der Waals surface area (Å²) in [7, 11) is -1.33. The molecule has 1 heterocycles. The smallest absolute Gasteiger partial charge is 0.304 e. The molecule has 0 aromatic carbocycles. The van der Waals surface area contributed by atoms with Gasteiger partial charge in [0, 0.05) is 22.2 Å². The Bertz CT molecular complexity index is 411. The molecule has 0 aliphatic carbocycles. The van der Waals surface area contributed by atoms with E-state index in [2.05, 4.69) is 4.98 Å². The Morgan fingerprint density at radius 1 is 1.62 bits per heavy atom. The van der Waals surface area contributed by atoms with E-state index in [-0.39, 0.29) is 12.2 Å². The summed E-state index contributed by atoms with van der Waals surface area (Å²) in [4.78, 5) is 14.0. The maximum absolute atomic E-state index is 12.8. The molecule has 1 aromatic heterocycles. The first-order valence-corrected chi connectivity index (χ1v) is 6.05. The van der Waals surface area contributed by atoms with Gasteiger partial charge in [0.05, 0.1) is 18.4 Å². The average Bonchev–Trinajstić information content (AvgIpc) is 2.16. The van der Waals surface area contributed by atoms with E-state index in [1.54, 1.807) is 6.92 Å². The number of pyridine rings is 1. The number of hydrogen-bond donors (Lipinski definition) is 1. The van der Waals surface area contributed by atoms with Gasteiger partial charge in [-0.25, -0.2) is 4.39 Å². The van der Waals surface area contributed by atoms with Gasteiger partial charge >= 0.3 is 5.97 Å². The maximum atomic E-state index is 12.8. The van der Waals surface area contributed by atoms with Gasteiger partial charge in [-0.2, -0.15) is 0 Å². The lowest BCUT2D eigenvalue weighted by Crippen LogP contribution is -2.17. The highest BCUT2D eigenvalue weighted by atomic mass is 32.2. The van der Waals surface area contributed by atoms with E-state index in [9.17, 15) is 13.4 Å². The predicted molar refractivity (Wildman–Crippen MR) is 57.8 cm³/mol. The lowest BCUT2D eigenvalue weighted by Gasteiger charge is -2.08. The standard InChI is InChI=1S/C10H12FNO3S/c1-7(2-10(13)14)16(15)6-8-3-9(11)5-12-4-8/h3-5,7H,2,6H2,1H3,(H,13,14). The fourth-order valence-electron chi connectivity index (χ4n) is 1.18. The molecule has 0 radical (unpaired) electrons. The first-order chi connectivity index (χ1) is 7.49. The molecule has 0 aliphatic rings. The molecule has 1 N–H and O–H groups in total. The number of nitrogens with zero attached hydrogens (tertiary/aromatic N) is 1. The molecule has 2 atom stereocenters. The van der Waals surface area contributed by atoms with Crippen LogP contribution in [0.15, 0.2) is 18.5 Å². The number of carboxylic acid groups (broad SMARTS) is 1. The Kier molecular flexibility index (Phi) is 4.54. The zero-order valence-corrected chi connectivity index (χ0v) is 9.54. The Hall–Kier alpha value is -1.30. The van der Waals surface area contributed by atoms with Crippen molar-refractivity contribution < 1.29 is 18.5 Å². The van der Waals surface area contributed by atoms with Crippen LogP contribution in [0, 0.1) is 5.82 Å². The summed E-state index contributed by atoms with van der Waals surface area (Å²) in [6.07, 6.45) is 2.33. The minimum atomic E-state index is -1.33. The fraction of sp³-hybridized carbons (Fsp3) is 0.400. The minimum absolute atomic E-state index is 0.124. The molecule has 16 heavy (non-hydrogen) atoms. The molecular formula is C10H12FNO3S. The maximum Gasteiger partial charge on any atom is 0.304 e. The van der Waals surface area contributed by atoms with Gasteiger partial charge in [-0.05, 0) is 11.6 Å². The van der Waals surface area contributed by atoms with Crippen LogP contribution in [0.2, 0.25) is 0 Å². The molecule has 0 spiro atoms. The first-order valence-electron chi connectivity index (χ1n) is 4.67. The van der Waals surface area contributed by atoms with Crippen molar-refractivity contribution in [1.82, 2.24) is 4.98 Å². The molecule has 0 saturated carbocycles. The van der Waals surface area contributed by atoms with Gasteiger partial charge in [-0.3, -0.25) is 14.0 Å². The summed E-state index contributed by atoms with van der Waals surface area (Å²) in [5.74, 6) is -1.35. The van der Waals surface area contributed by atoms with Crippen molar-refractivity contribution in [2.45, 2.75) is 24.3 Å². The number of hydrogen-bond acceptors (Lipinski definition) is 3. The third-order valence-corrected chi connectivity index (χ3v) is 3.66. The van der Waals surface area contributed by atoms with Gasteiger partial charge < -0.3 is 5.11 Å². The second kappa shape index (κ2) is 5.69. The Labute approximate surface area is 95.0 Å². The number of carboxylic acids is 1. The topological polar surface area (TPSA) is 67.3 Å². The lowest BCUT2D eigenvalue weighted by atomic mass is 10.3. The van der Waals surface area contributed by atoms with Gasteiger partial charge in [0.25, 0.3) is 0 Å². The van der Waals surface area contributed by atoms with Crippen molar-refractivity contribution in [3.8, 4) is 0 Å². The highest BCUT2D eigenvalue weighted by Crippen LogP contribution is 2.10. The van der Waals surface area contributed by atoms with Gasteiger partial charge in [-0.15, -0.1) is 0 Å². The molecule has 1 aromatic rings. The van der Waals surface area contributed by atoms with Gasteiger partial charge in [0.2, 0.25) is 0 Å². The van der Waals surface area contributed by atoms with Gasteiger partial charge in [0.15, 0.2) is 0 Å². The molecule has 4 nitrogen and oxygen atoms in total. The van der Waals surface area contributed by atoms with Crippen LogP contribution in [-0.4, -0.2) is 25.5 Å². The second-order valence-electron chi connectivity index (χ2n) is 3.44. The van der Waals surface area contributed by atoms with Gasteiger partial charge in [0.1, 0.15) is 5.82 Å². The summed E-state index contributed by atoms with van der Waals surface area (Å²) in [5.41, 5.74) is 0.510. The number of rotatable bonds is 5. The molecule has 1 rings (SSSR count). The number of aromatic nitrogens is 1. The van der Waals surface area contributed by atoms with Crippen LogP contribution in [0.25, 0.3) is 0 Å². The van der Waals surface area contributed by atoms with Crippen molar-refractivity contribution in [2.75, 3.05) is 0 Å². The Morgan fingerprint density at radius 3 is 2.88 bits per heavy atom. The average molecular weight is 245 g/mol. The fourth-order valence-corrected chi connectivity index (χ4v) is 2.28. The zero-order chi connectivity index (χ0) is 12.1. The molecule has 6 heteroatoms. The normalized spacial score (nSPS) is 14.4. The van der Waals surface area contributed by atoms with Crippen molar-refractivity contribution in [3.63, 3.8) is 0 Å². The van der Waals surface area contributed by atoms with Crippen molar-refractivity contribution in [3.05, 3.63) is 29.8 Å². The van der Waals surface area contributed by atoms with E-state index >= 15 is 0 Å². The molecule has 0 bridgehead atoms. The molecule has 2 unspecified atom stereocenters. The third-order valence-electron chi connectivity index (χ3n) is 1.98. The van der Waals surface area contributed by atoms with E-state index in [0.29, 0.717) is 5.56 Å². The quantitative estimate of drug-likeness (QED) is 0.849. The number of aliphatic carboxylic acids is 1. The Morgan fingerprint density at radius 2 is 2.31 bits per heavy atom. The highest BCUT2D eigenvalue weighted by molar-refractivity contribution is 7.84. The van der Waals surface area contributed by atoms with Crippen molar-refractivity contribution in [1.29, 1.82) is 0 Å². The minimum Gasteiger partial charge on any atom is -0.481 e. The Balaban J connectivity index is 2.60. The third kappa shape index (κ3) is 4.06. The highest BCUT2D eigenvalue weighted by Gasteiger charge is 2.15. The van der Waals surface area contributed by atoms with Crippen LogP contribution in [0.5, 0.6) is 0 Å². The van der Waals surface area contributed by atoms with Crippen LogP contribution in [0.3, 0.4) is 0 Å². The van der Waals surface area contributed by atoms with Crippen molar-refractivity contribution in [2.24, 2.45) is 0 Å². The van der Waals surface area contributed by atoms with E-state index in [4.69, 9.17) is 5.11 Å². The van der Waals surface area contributed by atoms with Crippen LogP contribution < -0.4 is 0 Å². The number of halogens is 1. The van der Waals surface area contributed by atoms with Crippen LogP contribution in [-0.2, 0) is 21.3 Å². The summed E-state index contributed by atoms with van der Waals surface area (Å²) >= 11 is 0. The SMILES string of the molecule is CC(CC(=O)O)S(=O)Cc1cncc(F)c1. The zero-order valence-electron chi connectivity index (χ0n) is 8.72. The van der Waals surface area contributed by atoms with E-state index in [1.807, 2.05) is 0 Å². The summed E-state index contributed by atoms with van der Waals surface area (Å²) < 4.78 is 24.4. The van der Waals surface area contributed by atoms with Gasteiger partial charge in [-0.1, -0.05) is 6.92 Å². The van der Waals surface area contributed by atoms with Crippen LogP contribution in [0.4, 0.5) is 4.39 Å². The molecule has 0 fully saturated rings. The van der Waals surface area contributed by atoms with E-state index < -0.39 is 27.8 Å². The lowest BCUT2D eigenvalue weighted by molar-refractivity contribution is -0.136. The molecular weight excluding hydrogens is 233 g/mol. The summed E-state index contributed by atoms with van der Waals surface area (Å²) in [6.45, 7) is 1.59. The molecule has 0 amide bonds. The number of carbonyl (C=O) groups is 1. The first kappa shape index (κ1) is 12.8. The predicted octanol–water partition coefficient (Wildman–Crippen LogP) is 1.33. The van der Waals surface area contributed by atoms with E-state index in [1.165, 1.54) is 12.3 Å². The van der Waals surface area contributed by atoms with Crippen LogP contribution >= 0.6 is 0 Å². The largest absolute Gasteiger partial charge is 0.481 e. The van der Waals surface area contributed by atoms with E-state index in [0.717, 1.165) is 6.20 Å². The van der Waals surface area contributed by atoms with Crippen molar-refractivity contribution >= 4 is 16.8 Å². The molecule has 0 saturated heterocycles. The molecule has 88 valence electrons. The second-order valence-corrected chi connectivity index (χ2v) is 5.30. The summed E-state index contributed by atoms with van der Waals surface area (Å²) in [6, 6.07) is 1.25.